The van der Waals surface area contributed by atoms with E-state index in [1.54, 1.807) is 10.9 Å². The van der Waals surface area contributed by atoms with Crippen molar-refractivity contribution in [2.45, 2.75) is 38.4 Å². The molecule has 134 valence electrons. The molecule has 2 aromatic rings. The van der Waals surface area contributed by atoms with Crippen LogP contribution in [-0.2, 0) is 25.6 Å². The van der Waals surface area contributed by atoms with Gasteiger partial charge in [-0.15, -0.1) is 0 Å². The molecule has 0 amide bonds. The Bertz CT molecular complexity index is 773. The van der Waals surface area contributed by atoms with Gasteiger partial charge < -0.3 is 5.73 Å². The Balaban J connectivity index is 1.78. The minimum Gasteiger partial charge on any atom is -0.325 e. The van der Waals surface area contributed by atoms with Crippen LogP contribution in [0.25, 0.3) is 5.57 Å². The van der Waals surface area contributed by atoms with Crippen molar-refractivity contribution in [3.63, 3.8) is 0 Å². The van der Waals surface area contributed by atoms with E-state index in [0.717, 1.165) is 41.8 Å². The topological polar surface area (TPSA) is 43.8 Å². The number of rotatable bonds is 4. The number of halogens is 4. The van der Waals surface area contributed by atoms with Crippen molar-refractivity contribution in [3.05, 3.63) is 58.7 Å². The normalized spacial score (nSPS) is 16.7. The van der Waals surface area contributed by atoms with Crippen molar-refractivity contribution >= 4 is 5.57 Å². The van der Waals surface area contributed by atoms with Crippen molar-refractivity contribution in [1.29, 1.82) is 0 Å². The standard InChI is InChI=1S/C18H19F4N3/c19-16(10-23)15-3-1-2-13-11-24-25(17(13)15)9-8-12-4-6-14(7-5-12)18(20,21)22/h4-7,11H,1-3,8-10,23H2/b16-15-. The number of hydrogen-bond acceptors (Lipinski definition) is 2. The Kier molecular flexibility index (Phi) is 4.94. The first-order valence-electron chi connectivity index (χ1n) is 8.19. The van der Waals surface area contributed by atoms with Gasteiger partial charge >= 0.3 is 6.18 Å². The van der Waals surface area contributed by atoms with E-state index in [-0.39, 0.29) is 12.4 Å². The third-order valence-corrected chi connectivity index (χ3v) is 4.47. The smallest absolute Gasteiger partial charge is 0.325 e. The third kappa shape index (κ3) is 3.76. The van der Waals surface area contributed by atoms with Crippen LogP contribution in [-0.4, -0.2) is 16.3 Å². The molecule has 3 rings (SSSR count). The van der Waals surface area contributed by atoms with Gasteiger partial charge in [-0.2, -0.15) is 18.3 Å². The highest BCUT2D eigenvalue weighted by molar-refractivity contribution is 5.69. The van der Waals surface area contributed by atoms with E-state index in [1.807, 2.05) is 0 Å². The number of nitrogens with zero attached hydrogens (tertiary/aromatic N) is 2. The first-order chi connectivity index (χ1) is 11.9. The van der Waals surface area contributed by atoms with E-state index in [4.69, 9.17) is 5.73 Å². The molecule has 0 atom stereocenters. The van der Waals surface area contributed by atoms with Crippen LogP contribution in [0.15, 0.2) is 36.3 Å². The molecule has 0 unspecified atom stereocenters. The molecule has 1 aliphatic rings. The maximum absolute atomic E-state index is 14.1. The Hall–Kier alpha value is -2.15. The number of benzene rings is 1. The van der Waals surface area contributed by atoms with Crippen LogP contribution < -0.4 is 5.73 Å². The first kappa shape index (κ1) is 17.7. The summed E-state index contributed by atoms with van der Waals surface area (Å²) in [6.07, 6.45) is 0.257. The van der Waals surface area contributed by atoms with E-state index in [1.165, 1.54) is 12.1 Å². The summed E-state index contributed by atoms with van der Waals surface area (Å²) in [5, 5.41) is 4.33. The molecule has 3 nitrogen and oxygen atoms in total. The summed E-state index contributed by atoms with van der Waals surface area (Å²) in [4.78, 5) is 0. The van der Waals surface area contributed by atoms with Crippen molar-refractivity contribution in [2.75, 3.05) is 6.54 Å². The van der Waals surface area contributed by atoms with Crippen molar-refractivity contribution < 1.29 is 17.6 Å². The van der Waals surface area contributed by atoms with Gasteiger partial charge in [-0.3, -0.25) is 4.68 Å². The molecule has 0 saturated carbocycles. The fraction of sp³-hybridized carbons (Fsp3) is 0.389. The number of aryl methyl sites for hydroxylation is 3. The van der Waals surface area contributed by atoms with E-state index < -0.39 is 11.7 Å². The second kappa shape index (κ2) is 7.00. The SMILES string of the molecule is NC/C(F)=C1\CCCc2cnn(CCc3ccc(C(F)(F)F)cc3)c21. The van der Waals surface area contributed by atoms with Crippen LogP contribution in [0.2, 0.25) is 0 Å². The average Bonchev–Trinajstić information content (AvgIpc) is 3.02. The van der Waals surface area contributed by atoms with Crippen LogP contribution >= 0.6 is 0 Å². The summed E-state index contributed by atoms with van der Waals surface area (Å²) in [7, 11) is 0. The fourth-order valence-electron chi connectivity index (χ4n) is 3.18. The molecule has 1 aromatic carbocycles. The number of hydrogen-bond donors (Lipinski definition) is 1. The quantitative estimate of drug-likeness (QED) is 0.841. The number of fused-ring (bicyclic) bond motifs is 1. The monoisotopic (exact) mass is 353 g/mol. The fourth-order valence-corrected chi connectivity index (χ4v) is 3.18. The Labute approximate surface area is 143 Å². The Morgan fingerprint density at radius 2 is 1.88 bits per heavy atom. The summed E-state index contributed by atoms with van der Waals surface area (Å²) in [5.41, 5.74) is 7.93. The molecular formula is C18H19F4N3. The Morgan fingerprint density at radius 1 is 1.16 bits per heavy atom. The van der Waals surface area contributed by atoms with Gasteiger partial charge in [0.25, 0.3) is 0 Å². The maximum atomic E-state index is 14.1. The van der Waals surface area contributed by atoms with Gasteiger partial charge in [0.05, 0.1) is 17.5 Å². The van der Waals surface area contributed by atoms with E-state index in [9.17, 15) is 17.6 Å². The maximum Gasteiger partial charge on any atom is 0.416 e. The molecule has 1 heterocycles. The summed E-state index contributed by atoms with van der Waals surface area (Å²) in [5.74, 6) is -0.322. The highest BCUT2D eigenvalue weighted by Gasteiger charge is 2.30. The molecule has 0 bridgehead atoms. The lowest BCUT2D eigenvalue weighted by Gasteiger charge is -2.18. The molecule has 0 fully saturated rings. The minimum atomic E-state index is -4.33. The number of allylic oxidation sites excluding steroid dienone is 1. The van der Waals surface area contributed by atoms with Crippen LogP contribution in [0.5, 0.6) is 0 Å². The second-order valence-corrected chi connectivity index (χ2v) is 6.13. The van der Waals surface area contributed by atoms with Gasteiger partial charge in [-0.05, 0) is 48.9 Å². The van der Waals surface area contributed by atoms with Gasteiger partial charge in [0.15, 0.2) is 0 Å². The van der Waals surface area contributed by atoms with Gasteiger partial charge in [0.1, 0.15) is 5.83 Å². The van der Waals surface area contributed by atoms with Gasteiger partial charge in [-0.1, -0.05) is 12.1 Å². The molecular weight excluding hydrogens is 334 g/mol. The molecule has 1 aliphatic carbocycles. The largest absolute Gasteiger partial charge is 0.416 e. The zero-order valence-electron chi connectivity index (χ0n) is 13.6. The van der Waals surface area contributed by atoms with E-state index in [0.29, 0.717) is 25.0 Å². The summed E-state index contributed by atoms with van der Waals surface area (Å²) in [6, 6.07) is 5.09. The first-order valence-corrected chi connectivity index (χ1v) is 8.19. The second-order valence-electron chi connectivity index (χ2n) is 6.13. The van der Waals surface area contributed by atoms with Gasteiger partial charge in [0, 0.05) is 18.7 Å². The minimum absolute atomic E-state index is 0.140. The zero-order chi connectivity index (χ0) is 18.0. The lowest BCUT2D eigenvalue weighted by atomic mass is 9.92. The molecule has 25 heavy (non-hydrogen) atoms. The highest BCUT2D eigenvalue weighted by atomic mass is 19.4. The Morgan fingerprint density at radius 3 is 2.52 bits per heavy atom. The lowest BCUT2D eigenvalue weighted by molar-refractivity contribution is -0.137. The zero-order valence-corrected chi connectivity index (χ0v) is 13.6. The third-order valence-electron chi connectivity index (χ3n) is 4.47. The van der Waals surface area contributed by atoms with Gasteiger partial charge in [-0.25, -0.2) is 4.39 Å². The lowest BCUT2D eigenvalue weighted by Crippen LogP contribution is -2.13. The average molecular weight is 353 g/mol. The summed E-state index contributed by atoms with van der Waals surface area (Å²) >= 11 is 0. The van der Waals surface area contributed by atoms with Crippen molar-refractivity contribution in [2.24, 2.45) is 5.73 Å². The molecule has 1 aromatic heterocycles. The molecule has 0 spiro atoms. The molecule has 7 heteroatoms. The molecule has 2 N–H and O–H groups in total. The van der Waals surface area contributed by atoms with Crippen molar-refractivity contribution in [3.8, 4) is 0 Å². The van der Waals surface area contributed by atoms with E-state index in [2.05, 4.69) is 5.10 Å². The van der Waals surface area contributed by atoms with Crippen LogP contribution in [0, 0.1) is 0 Å². The number of alkyl halides is 3. The van der Waals surface area contributed by atoms with Crippen LogP contribution in [0.1, 0.15) is 35.2 Å². The van der Waals surface area contributed by atoms with E-state index >= 15 is 0 Å². The summed E-state index contributed by atoms with van der Waals surface area (Å²) in [6.45, 7) is 0.334. The van der Waals surface area contributed by atoms with Crippen LogP contribution in [0.3, 0.4) is 0 Å². The summed E-state index contributed by atoms with van der Waals surface area (Å²) < 4.78 is 53.6. The number of nitrogens with two attached hydrogens (primary N) is 1. The predicted molar refractivity (Wildman–Crippen MR) is 87.4 cm³/mol. The predicted octanol–water partition coefficient (Wildman–Crippen LogP) is 4.12. The van der Waals surface area contributed by atoms with Crippen molar-refractivity contribution in [1.82, 2.24) is 9.78 Å². The highest BCUT2D eigenvalue weighted by Crippen LogP contribution is 2.33. The number of aromatic nitrogens is 2. The van der Waals surface area contributed by atoms with Crippen LogP contribution in [0.4, 0.5) is 17.6 Å². The molecule has 0 aliphatic heterocycles. The van der Waals surface area contributed by atoms with Gasteiger partial charge in [0.2, 0.25) is 0 Å². The molecule has 0 saturated heterocycles. The molecule has 0 radical (unpaired) electrons.